The van der Waals surface area contributed by atoms with E-state index < -0.39 is 0 Å². The molecule has 0 radical (unpaired) electrons. The molecule has 0 aromatic heterocycles. The zero-order valence-electron chi connectivity index (χ0n) is 14.9. The lowest BCUT2D eigenvalue weighted by Gasteiger charge is -2.26. The van der Waals surface area contributed by atoms with Gasteiger partial charge in [0.1, 0.15) is 0 Å². The molecule has 0 spiro atoms. The van der Waals surface area contributed by atoms with Gasteiger partial charge in [-0.1, -0.05) is 35.9 Å². The molecule has 0 saturated carbocycles. The lowest BCUT2D eigenvalue weighted by Crippen LogP contribution is -2.36. The minimum Gasteiger partial charge on any atom is -0.397 e. The number of hydrogen-bond acceptors (Lipinski definition) is 4. The van der Waals surface area contributed by atoms with Crippen LogP contribution in [0.2, 0.25) is 10.0 Å². The van der Waals surface area contributed by atoms with Gasteiger partial charge in [-0.25, -0.2) is 0 Å². The van der Waals surface area contributed by atoms with E-state index in [-0.39, 0.29) is 5.91 Å². The van der Waals surface area contributed by atoms with Crippen molar-refractivity contribution >= 4 is 40.5 Å². The summed E-state index contributed by atoms with van der Waals surface area (Å²) in [5.41, 5.74) is 11.3. The Kier molecular flexibility index (Phi) is 5.73. The molecule has 2 aliphatic heterocycles. The Balaban J connectivity index is 1.71. The van der Waals surface area contributed by atoms with E-state index in [1.54, 1.807) is 24.4 Å². The second-order valence-corrected chi connectivity index (χ2v) is 7.16. The number of carbonyl (C=O) groups is 1. The fourth-order valence-electron chi connectivity index (χ4n) is 2.96. The van der Waals surface area contributed by atoms with Crippen LogP contribution >= 0.6 is 23.2 Å². The number of anilines is 1. The van der Waals surface area contributed by atoms with E-state index >= 15 is 0 Å². The Bertz CT molecular complexity index is 942. The maximum atomic E-state index is 11.8. The Morgan fingerprint density at radius 1 is 1.37 bits per heavy atom. The average Bonchev–Trinajstić information content (AvgIpc) is 2.64. The van der Waals surface area contributed by atoms with Crippen molar-refractivity contribution in [1.82, 2.24) is 10.6 Å². The fourth-order valence-corrected chi connectivity index (χ4v) is 3.45. The van der Waals surface area contributed by atoms with Crippen molar-refractivity contribution in [2.45, 2.75) is 19.8 Å². The monoisotopic (exact) mass is 402 g/mol. The first kappa shape index (κ1) is 19.3. The third-order valence-corrected chi connectivity index (χ3v) is 5.00. The molecule has 5 nitrogen and oxygen atoms in total. The molecular formula is C20H20Cl2N4O. The molecule has 0 aliphatic carbocycles. The summed E-state index contributed by atoms with van der Waals surface area (Å²) >= 11 is 12.1. The summed E-state index contributed by atoms with van der Waals surface area (Å²) in [5.74, 6) is -0.00167. The predicted molar refractivity (Wildman–Crippen MR) is 112 cm³/mol. The predicted octanol–water partition coefficient (Wildman–Crippen LogP) is 4.11. The number of amides is 1. The van der Waals surface area contributed by atoms with Crippen LogP contribution in [0.4, 0.5) is 5.69 Å². The highest BCUT2D eigenvalue weighted by atomic mass is 35.5. The molecule has 0 fully saturated rings. The number of aliphatic imine (C=N–C) groups is 1. The summed E-state index contributed by atoms with van der Waals surface area (Å²) in [4.78, 5) is 16.3. The van der Waals surface area contributed by atoms with Gasteiger partial charge in [0.15, 0.2) is 0 Å². The number of nitrogens with zero attached hydrogens (tertiary/aromatic N) is 1. The highest BCUT2D eigenvalue weighted by molar-refractivity contribution is 6.37. The van der Waals surface area contributed by atoms with E-state index in [0.717, 1.165) is 29.0 Å². The van der Waals surface area contributed by atoms with Crippen LogP contribution in [0.3, 0.4) is 0 Å². The van der Waals surface area contributed by atoms with Crippen molar-refractivity contribution in [3.8, 4) is 0 Å². The van der Waals surface area contributed by atoms with E-state index in [0.29, 0.717) is 40.0 Å². The maximum absolute atomic E-state index is 11.8. The molecule has 1 amide bonds. The summed E-state index contributed by atoms with van der Waals surface area (Å²) in [6.45, 7) is 6.55. The smallest absolute Gasteiger partial charge is 0.249 e. The number of carbonyl (C=O) groups excluding carboxylic acids is 1. The zero-order valence-corrected chi connectivity index (χ0v) is 16.4. The average molecular weight is 403 g/mol. The second-order valence-electron chi connectivity index (χ2n) is 6.31. The maximum Gasteiger partial charge on any atom is 0.249 e. The van der Waals surface area contributed by atoms with Gasteiger partial charge in [0.2, 0.25) is 5.91 Å². The minimum atomic E-state index is -0.00167. The van der Waals surface area contributed by atoms with E-state index in [4.69, 9.17) is 28.9 Å². The van der Waals surface area contributed by atoms with Crippen LogP contribution < -0.4 is 16.4 Å². The van der Waals surface area contributed by atoms with Crippen molar-refractivity contribution in [2.24, 2.45) is 4.99 Å². The molecule has 2 heterocycles. The zero-order chi connectivity index (χ0) is 19.6. The van der Waals surface area contributed by atoms with Crippen molar-refractivity contribution in [3.63, 3.8) is 0 Å². The summed E-state index contributed by atoms with van der Waals surface area (Å²) in [7, 11) is 0. The molecule has 4 N–H and O–H groups in total. The number of benzene rings is 1. The molecular weight excluding hydrogens is 383 g/mol. The number of rotatable bonds is 4. The van der Waals surface area contributed by atoms with Gasteiger partial charge in [-0.2, -0.15) is 0 Å². The van der Waals surface area contributed by atoms with Crippen molar-refractivity contribution in [3.05, 3.63) is 75.2 Å². The normalized spacial score (nSPS) is 17.4. The van der Waals surface area contributed by atoms with E-state index in [2.05, 4.69) is 22.2 Å². The van der Waals surface area contributed by atoms with Gasteiger partial charge in [-0.15, -0.1) is 0 Å². The van der Waals surface area contributed by atoms with E-state index in [9.17, 15) is 4.79 Å². The molecule has 3 rings (SSSR count). The van der Waals surface area contributed by atoms with Gasteiger partial charge in [0.25, 0.3) is 0 Å². The third kappa shape index (κ3) is 4.26. The van der Waals surface area contributed by atoms with Crippen LogP contribution in [0.25, 0.3) is 0 Å². The van der Waals surface area contributed by atoms with Crippen LogP contribution in [-0.2, 0) is 4.79 Å². The van der Waals surface area contributed by atoms with Crippen LogP contribution in [0.15, 0.2) is 64.6 Å². The van der Waals surface area contributed by atoms with E-state index in [1.165, 1.54) is 0 Å². The third-order valence-electron chi connectivity index (χ3n) is 4.47. The lowest BCUT2D eigenvalue weighted by molar-refractivity contribution is -0.118. The Labute approximate surface area is 168 Å². The van der Waals surface area contributed by atoms with Gasteiger partial charge in [-0.05, 0) is 37.1 Å². The van der Waals surface area contributed by atoms with Gasteiger partial charge >= 0.3 is 0 Å². The first-order chi connectivity index (χ1) is 12.9. The van der Waals surface area contributed by atoms with Crippen LogP contribution in [-0.4, -0.2) is 18.2 Å². The van der Waals surface area contributed by atoms with Gasteiger partial charge in [-0.3, -0.25) is 9.79 Å². The Morgan fingerprint density at radius 3 is 2.93 bits per heavy atom. The van der Waals surface area contributed by atoms with Crippen LogP contribution in [0.5, 0.6) is 0 Å². The fraction of sp³-hybridized carbons (Fsp3) is 0.200. The number of nitrogens with one attached hydrogen (secondary N) is 2. The Morgan fingerprint density at radius 2 is 2.15 bits per heavy atom. The van der Waals surface area contributed by atoms with Crippen LogP contribution in [0.1, 0.15) is 25.3 Å². The molecule has 140 valence electrons. The van der Waals surface area contributed by atoms with Gasteiger partial charge in [0, 0.05) is 52.4 Å². The standard InChI is InChI=1S/C20H20Cl2N4O/c1-11(17-4-3-14-18(26-17)6-8-25-20(14)27)5-7-24-12(2)15-9-13(21)10-16(22)19(15)23/h4-5,7,9-10,26H,1,3,6,8,23H2,2H3,(H,25,27)/b7-5-,24-12?. The molecule has 0 atom stereocenters. The Hall–Kier alpha value is -2.50. The number of dihydropyridines is 1. The molecule has 0 bridgehead atoms. The SMILES string of the molecule is C=C(/C=C\N=C(C)c1cc(Cl)cc(Cl)c1N)C1=CCC2=C(CCNC2=O)N1. The second kappa shape index (κ2) is 8.03. The summed E-state index contributed by atoms with van der Waals surface area (Å²) in [6, 6.07) is 3.33. The first-order valence-electron chi connectivity index (χ1n) is 8.49. The summed E-state index contributed by atoms with van der Waals surface area (Å²) < 4.78 is 0. The molecule has 1 aromatic rings. The number of hydrogen-bond donors (Lipinski definition) is 3. The molecule has 2 aliphatic rings. The molecule has 0 unspecified atom stereocenters. The summed E-state index contributed by atoms with van der Waals surface area (Å²) in [6.07, 6.45) is 6.81. The van der Waals surface area contributed by atoms with Crippen molar-refractivity contribution in [1.29, 1.82) is 0 Å². The first-order valence-corrected chi connectivity index (χ1v) is 9.25. The quantitative estimate of drug-likeness (QED) is 0.402. The number of nitrogen functional groups attached to an aromatic ring is 1. The molecule has 7 heteroatoms. The number of halogens is 2. The van der Waals surface area contributed by atoms with Gasteiger partial charge in [0.05, 0.1) is 10.7 Å². The largest absolute Gasteiger partial charge is 0.397 e. The van der Waals surface area contributed by atoms with Crippen molar-refractivity contribution in [2.75, 3.05) is 12.3 Å². The highest BCUT2D eigenvalue weighted by Gasteiger charge is 2.23. The summed E-state index contributed by atoms with van der Waals surface area (Å²) in [5, 5.41) is 7.06. The number of allylic oxidation sites excluding steroid dienone is 2. The van der Waals surface area contributed by atoms with Gasteiger partial charge < -0.3 is 16.4 Å². The lowest BCUT2D eigenvalue weighted by atomic mass is 9.97. The number of nitrogens with two attached hydrogens (primary N) is 1. The highest BCUT2D eigenvalue weighted by Crippen LogP contribution is 2.28. The van der Waals surface area contributed by atoms with Crippen molar-refractivity contribution < 1.29 is 4.79 Å². The molecule has 1 aromatic carbocycles. The molecule has 27 heavy (non-hydrogen) atoms. The minimum absolute atomic E-state index is 0.00167. The van der Waals surface area contributed by atoms with E-state index in [1.807, 2.05) is 13.0 Å². The van der Waals surface area contributed by atoms with Crippen LogP contribution in [0, 0.1) is 0 Å². The topological polar surface area (TPSA) is 79.5 Å². The molecule has 0 saturated heterocycles.